The van der Waals surface area contributed by atoms with Crippen molar-refractivity contribution in [2.75, 3.05) is 0 Å². The molecule has 156 valence electrons. The molecule has 2 aromatic heterocycles. The first-order valence-corrected chi connectivity index (χ1v) is 10.6. The molecule has 8 heteroatoms. The van der Waals surface area contributed by atoms with Gasteiger partial charge in [0.25, 0.3) is 0 Å². The standard InChI is InChI=1S/C22H21F2N3O2S/c1-12-7-14(25)9-20(29-12)15-5-6-26-10-13(15)8-19(28)18-11-30-22(27-18)21-16(23)3-2-4-17(21)24/h2-6,10-12,14,20H,7-9,25H2,1H3/t12-,14+,20-/m0/s1. The number of nitrogens with two attached hydrogens (primary N) is 1. The number of halogens is 2. The number of pyridine rings is 1. The zero-order valence-electron chi connectivity index (χ0n) is 16.3. The van der Waals surface area contributed by atoms with E-state index in [1.807, 2.05) is 13.0 Å². The molecule has 2 N–H and O–H groups in total. The molecule has 0 saturated carbocycles. The molecule has 0 aliphatic carbocycles. The van der Waals surface area contributed by atoms with Gasteiger partial charge < -0.3 is 10.5 Å². The Balaban J connectivity index is 1.57. The van der Waals surface area contributed by atoms with Gasteiger partial charge in [0.05, 0.1) is 17.8 Å². The Labute approximate surface area is 176 Å². The predicted molar refractivity (Wildman–Crippen MR) is 110 cm³/mol. The maximum atomic E-state index is 14.0. The van der Waals surface area contributed by atoms with Crippen LogP contribution in [0.15, 0.2) is 42.0 Å². The molecule has 0 unspecified atom stereocenters. The van der Waals surface area contributed by atoms with E-state index in [2.05, 4.69) is 9.97 Å². The van der Waals surface area contributed by atoms with E-state index in [1.54, 1.807) is 12.4 Å². The molecule has 5 nitrogen and oxygen atoms in total. The molecule has 1 aliphatic rings. The molecule has 0 amide bonds. The van der Waals surface area contributed by atoms with Gasteiger partial charge in [0, 0.05) is 30.2 Å². The molecule has 0 spiro atoms. The topological polar surface area (TPSA) is 78.1 Å². The highest BCUT2D eigenvalue weighted by molar-refractivity contribution is 7.13. The Hall–Kier alpha value is -2.55. The van der Waals surface area contributed by atoms with Crippen LogP contribution in [0.25, 0.3) is 10.6 Å². The summed E-state index contributed by atoms with van der Waals surface area (Å²) >= 11 is 1.03. The van der Waals surface area contributed by atoms with Crippen molar-refractivity contribution in [1.29, 1.82) is 0 Å². The summed E-state index contributed by atoms with van der Waals surface area (Å²) in [6.45, 7) is 1.98. The number of Topliss-reactive ketones (excluding diaryl/α,β-unsaturated/α-hetero) is 1. The number of nitrogens with zero attached hydrogens (tertiary/aromatic N) is 2. The van der Waals surface area contributed by atoms with Gasteiger partial charge in [-0.15, -0.1) is 11.3 Å². The van der Waals surface area contributed by atoms with Crippen LogP contribution in [0.1, 0.15) is 47.5 Å². The van der Waals surface area contributed by atoms with Crippen molar-refractivity contribution < 1.29 is 18.3 Å². The third kappa shape index (κ3) is 4.30. The van der Waals surface area contributed by atoms with Gasteiger partial charge in [-0.3, -0.25) is 9.78 Å². The summed E-state index contributed by atoms with van der Waals surface area (Å²) in [5.41, 5.74) is 7.72. The third-order valence-electron chi connectivity index (χ3n) is 5.15. The minimum absolute atomic E-state index is 0.0345. The molecule has 1 aliphatic heterocycles. The average molecular weight is 429 g/mol. The Morgan fingerprint density at radius 1 is 1.27 bits per heavy atom. The van der Waals surface area contributed by atoms with Crippen LogP contribution in [-0.2, 0) is 11.2 Å². The molecule has 4 rings (SSSR count). The number of ether oxygens (including phenoxy) is 1. The van der Waals surface area contributed by atoms with Crippen LogP contribution in [0.3, 0.4) is 0 Å². The van der Waals surface area contributed by atoms with Crippen LogP contribution in [0.2, 0.25) is 0 Å². The highest BCUT2D eigenvalue weighted by Gasteiger charge is 2.28. The van der Waals surface area contributed by atoms with Crippen LogP contribution in [0.4, 0.5) is 8.78 Å². The average Bonchev–Trinajstić information content (AvgIpc) is 3.17. The van der Waals surface area contributed by atoms with E-state index < -0.39 is 11.6 Å². The van der Waals surface area contributed by atoms with Gasteiger partial charge in [-0.1, -0.05) is 6.07 Å². The second-order valence-corrected chi connectivity index (χ2v) is 8.33. The third-order valence-corrected chi connectivity index (χ3v) is 6.01. The maximum Gasteiger partial charge on any atom is 0.186 e. The second-order valence-electron chi connectivity index (χ2n) is 7.48. The largest absolute Gasteiger partial charge is 0.370 e. The normalized spacial score (nSPS) is 21.5. The zero-order valence-corrected chi connectivity index (χ0v) is 17.2. The summed E-state index contributed by atoms with van der Waals surface area (Å²) in [6, 6.07) is 5.50. The summed E-state index contributed by atoms with van der Waals surface area (Å²) in [5, 5.41) is 1.66. The minimum atomic E-state index is -0.710. The van der Waals surface area contributed by atoms with Crippen LogP contribution in [0, 0.1) is 11.6 Å². The number of aromatic nitrogens is 2. The SMILES string of the molecule is C[C@H]1C[C@@H](N)C[C@@H](c2ccncc2CC(=O)c2csc(-c3c(F)cccc3F)n2)O1. The second kappa shape index (κ2) is 8.67. The molecule has 30 heavy (non-hydrogen) atoms. The predicted octanol–water partition coefficient (Wildman–Crippen LogP) is 4.48. The van der Waals surface area contributed by atoms with Crippen molar-refractivity contribution >= 4 is 17.1 Å². The van der Waals surface area contributed by atoms with Gasteiger partial charge in [-0.25, -0.2) is 13.8 Å². The summed E-state index contributed by atoms with van der Waals surface area (Å²) in [7, 11) is 0. The van der Waals surface area contributed by atoms with Crippen LogP contribution in [-0.4, -0.2) is 27.9 Å². The van der Waals surface area contributed by atoms with Crippen LogP contribution in [0.5, 0.6) is 0 Å². The fourth-order valence-corrected chi connectivity index (χ4v) is 4.64. The van der Waals surface area contributed by atoms with Crippen LogP contribution < -0.4 is 5.73 Å². The van der Waals surface area contributed by atoms with Crippen molar-refractivity contribution in [3.8, 4) is 10.6 Å². The molecule has 0 bridgehead atoms. The molecule has 3 aromatic rings. The minimum Gasteiger partial charge on any atom is -0.370 e. The molecular formula is C22H21F2N3O2S. The molecule has 0 radical (unpaired) electrons. The van der Waals surface area contributed by atoms with Crippen molar-refractivity contribution in [2.45, 2.75) is 44.4 Å². The fraction of sp³-hybridized carbons (Fsp3) is 0.318. The van der Waals surface area contributed by atoms with E-state index in [0.29, 0.717) is 6.42 Å². The molecule has 3 atom stereocenters. The Bertz CT molecular complexity index is 1040. The van der Waals surface area contributed by atoms with Gasteiger partial charge in [-0.2, -0.15) is 0 Å². The molecule has 3 heterocycles. The van der Waals surface area contributed by atoms with E-state index in [9.17, 15) is 13.6 Å². The number of carbonyl (C=O) groups excluding carboxylic acids is 1. The number of ketones is 1. The van der Waals surface area contributed by atoms with Crippen molar-refractivity contribution in [3.05, 3.63) is 70.5 Å². The number of hydrogen-bond acceptors (Lipinski definition) is 6. The number of hydrogen-bond donors (Lipinski definition) is 1. The Kier molecular flexibility index (Phi) is 5.99. The number of thiazole rings is 1. The van der Waals surface area contributed by atoms with Gasteiger partial charge in [-0.05, 0) is 49.1 Å². The first-order chi connectivity index (χ1) is 14.4. The zero-order chi connectivity index (χ0) is 21.3. The summed E-state index contributed by atoms with van der Waals surface area (Å²) < 4.78 is 34.1. The van der Waals surface area contributed by atoms with E-state index >= 15 is 0 Å². The Morgan fingerprint density at radius 2 is 2.03 bits per heavy atom. The number of carbonyl (C=O) groups is 1. The fourth-order valence-electron chi connectivity index (χ4n) is 3.77. The number of benzene rings is 1. The lowest BCUT2D eigenvalue weighted by atomic mass is 9.92. The van der Waals surface area contributed by atoms with E-state index in [-0.39, 0.29) is 46.7 Å². The van der Waals surface area contributed by atoms with Gasteiger partial charge in [0.1, 0.15) is 22.3 Å². The lowest BCUT2D eigenvalue weighted by Gasteiger charge is -2.33. The van der Waals surface area contributed by atoms with E-state index in [4.69, 9.17) is 10.5 Å². The number of rotatable bonds is 5. The van der Waals surface area contributed by atoms with E-state index in [0.717, 1.165) is 28.9 Å². The summed E-state index contributed by atoms with van der Waals surface area (Å²) in [5.74, 6) is -1.67. The molecular weight excluding hydrogens is 408 g/mol. The summed E-state index contributed by atoms with van der Waals surface area (Å²) in [4.78, 5) is 21.2. The first kappa shape index (κ1) is 20.7. The molecule has 1 aromatic carbocycles. The van der Waals surface area contributed by atoms with Gasteiger partial charge in [0.2, 0.25) is 0 Å². The molecule has 1 fully saturated rings. The highest BCUT2D eigenvalue weighted by atomic mass is 32.1. The van der Waals surface area contributed by atoms with Gasteiger partial charge in [0.15, 0.2) is 5.78 Å². The van der Waals surface area contributed by atoms with Crippen molar-refractivity contribution in [3.63, 3.8) is 0 Å². The lowest BCUT2D eigenvalue weighted by molar-refractivity contribution is -0.0490. The first-order valence-electron chi connectivity index (χ1n) is 9.69. The van der Waals surface area contributed by atoms with E-state index in [1.165, 1.54) is 23.6 Å². The van der Waals surface area contributed by atoms with Crippen LogP contribution >= 0.6 is 11.3 Å². The molecule has 1 saturated heterocycles. The van der Waals surface area contributed by atoms with Crippen molar-refractivity contribution in [1.82, 2.24) is 9.97 Å². The van der Waals surface area contributed by atoms with Gasteiger partial charge >= 0.3 is 0 Å². The highest BCUT2D eigenvalue weighted by Crippen LogP contribution is 2.33. The Morgan fingerprint density at radius 3 is 2.77 bits per heavy atom. The lowest BCUT2D eigenvalue weighted by Crippen LogP contribution is -2.35. The monoisotopic (exact) mass is 429 g/mol. The van der Waals surface area contributed by atoms with Crippen molar-refractivity contribution in [2.24, 2.45) is 5.73 Å². The maximum absolute atomic E-state index is 14.0. The quantitative estimate of drug-likeness (QED) is 0.605. The smallest absolute Gasteiger partial charge is 0.186 e. The summed E-state index contributed by atoms with van der Waals surface area (Å²) in [6.07, 6.45) is 4.67.